The topological polar surface area (TPSA) is 78.8 Å². The second-order valence-electron chi connectivity index (χ2n) is 5.37. The highest BCUT2D eigenvalue weighted by Gasteiger charge is 2.18. The summed E-state index contributed by atoms with van der Waals surface area (Å²) in [4.78, 5) is 12.2. The van der Waals surface area contributed by atoms with Crippen molar-refractivity contribution in [1.29, 1.82) is 0 Å². The SMILES string of the molecule is Cc1ccccc1/C=N\NC(=O)c1cccc(S(=O)(=O)N(C)C)c1. The number of hydrazone groups is 1. The summed E-state index contributed by atoms with van der Waals surface area (Å²) in [5.41, 5.74) is 4.55. The van der Waals surface area contributed by atoms with E-state index in [0.29, 0.717) is 0 Å². The summed E-state index contributed by atoms with van der Waals surface area (Å²) in [5.74, 6) is -0.476. The van der Waals surface area contributed by atoms with Crippen LogP contribution in [0.5, 0.6) is 0 Å². The van der Waals surface area contributed by atoms with E-state index in [-0.39, 0.29) is 10.5 Å². The summed E-state index contributed by atoms with van der Waals surface area (Å²) in [7, 11) is -0.709. The maximum atomic E-state index is 12.1. The average molecular weight is 345 g/mol. The first kappa shape index (κ1) is 17.8. The molecule has 0 aliphatic rings. The number of sulfonamides is 1. The summed E-state index contributed by atoms with van der Waals surface area (Å²) in [6, 6.07) is 13.5. The van der Waals surface area contributed by atoms with E-state index in [2.05, 4.69) is 10.5 Å². The maximum absolute atomic E-state index is 12.1. The Kier molecular flexibility index (Phi) is 5.48. The van der Waals surface area contributed by atoms with Crippen LogP contribution >= 0.6 is 0 Å². The van der Waals surface area contributed by atoms with E-state index < -0.39 is 15.9 Å². The Morgan fingerprint density at radius 1 is 1.12 bits per heavy atom. The van der Waals surface area contributed by atoms with Crippen molar-refractivity contribution < 1.29 is 13.2 Å². The van der Waals surface area contributed by atoms with Gasteiger partial charge >= 0.3 is 0 Å². The lowest BCUT2D eigenvalue weighted by molar-refractivity contribution is 0.0955. The van der Waals surface area contributed by atoms with Gasteiger partial charge in [-0.05, 0) is 36.2 Å². The first-order chi connectivity index (χ1) is 11.3. The molecule has 126 valence electrons. The lowest BCUT2D eigenvalue weighted by Gasteiger charge is -2.11. The van der Waals surface area contributed by atoms with Gasteiger partial charge in [-0.25, -0.2) is 18.1 Å². The molecule has 0 saturated carbocycles. The van der Waals surface area contributed by atoms with Crippen LogP contribution in [-0.2, 0) is 10.0 Å². The predicted molar refractivity (Wildman–Crippen MR) is 93.6 cm³/mol. The Hall–Kier alpha value is -2.51. The molecule has 24 heavy (non-hydrogen) atoms. The molecule has 0 aliphatic carbocycles. The predicted octanol–water partition coefficient (Wildman–Crippen LogP) is 2.01. The van der Waals surface area contributed by atoms with Gasteiger partial charge in [0.1, 0.15) is 0 Å². The summed E-state index contributed by atoms with van der Waals surface area (Å²) in [6.07, 6.45) is 1.55. The Labute approximate surface area is 141 Å². The number of rotatable bonds is 5. The second-order valence-corrected chi connectivity index (χ2v) is 7.52. The van der Waals surface area contributed by atoms with Crippen molar-refractivity contribution in [3.05, 3.63) is 65.2 Å². The van der Waals surface area contributed by atoms with E-state index >= 15 is 0 Å². The zero-order chi connectivity index (χ0) is 17.7. The highest BCUT2D eigenvalue weighted by Crippen LogP contribution is 2.14. The number of nitrogens with zero attached hydrogens (tertiary/aromatic N) is 2. The van der Waals surface area contributed by atoms with Gasteiger partial charge in [-0.2, -0.15) is 5.10 Å². The van der Waals surface area contributed by atoms with Gasteiger partial charge in [-0.1, -0.05) is 30.3 Å². The normalized spacial score (nSPS) is 11.8. The van der Waals surface area contributed by atoms with Crippen LogP contribution in [0.25, 0.3) is 0 Å². The summed E-state index contributed by atoms with van der Waals surface area (Å²) < 4.78 is 25.3. The molecule has 1 amide bonds. The summed E-state index contributed by atoms with van der Waals surface area (Å²) >= 11 is 0. The fourth-order valence-electron chi connectivity index (χ4n) is 1.97. The van der Waals surface area contributed by atoms with Gasteiger partial charge < -0.3 is 0 Å². The van der Waals surface area contributed by atoms with E-state index in [1.807, 2.05) is 31.2 Å². The Morgan fingerprint density at radius 3 is 2.50 bits per heavy atom. The second kappa shape index (κ2) is 7.37. The van der Waals surface area contributed by atoms with Crippen LogP contribution in [0, 0.1) is 6.92 Å². The lowest BCUT2D eigenvalue weighted by atomic mass is 10.1. The third-order valence-electron chi connectivity index (χ3n) is 3.43. The fourth-order valence-corrected chi connectivity index (χ4v) is 2.91. The van der Waals surface area contributed by atoms with Crippen LogP contribution in [0.15, 0.2) is 58.5 Å². The third kappa shape index (κ3) is 4.06. The molecule has 1 N–H and O–H groups in total. The number of carbonyl (C=O) groups is 1. The van der Waals surface area contributed by atoms with Gasteiger partial charge in [0.15, 0.2) is 0 Å². The fraction of sp³-hybridized carbons (Fsp3) is 0.176. The van der Waals surface area contributed by atoms with Crippen LogP contribution in [0.1, 0.15) is 21.5 Å². The highest BCUT2D eigenvalue weighted by molar-refractivity contribution is 7.89. The van der Waals surface area contributed by atoms with E-state index in [1.54, 1.807) is 6.21 Å². The monoisotopic (exact) mass is 345 g/mol. The van der Waals surface area contributed by atoms with Gasteiger partial charge in [0.05, 0.1) is 11.1 Å². The number of carbonyl (C=O) groups excluding carboxylic acids is 1. The first-order valence-corrected chi connectivity index (χ1v) is 8.68. The average Bonchev–Trinajstić information content (AvgIpc) is 2.56. The molecule has 0 spiro atoms. The number of nitrogens with one attached hydrogen (secondary N) is 1. The van der Waals surface area contributed by atoms with E-state index in [9.17, 15) is 13.2 Å². The van der Waals surface area contributed by atoms with Crippen LogP contribution in [0.3, 0.4) is 0 Å². The number of amides is 1. The third-order valence-corrected chi connectivity index (χ3v) is 5.24. The Balaban J connectivity index is 2.15. The van der Waals surface area contributed by atoms with Crippen molar-refractivity contribution in [2.75, 3.05) is 14.1 Å². The number of benzene rings is 2. The molecular weight excluding hydrogens is 326 g/mol. The lowest BCUT2D eigenvalue weighted by Crippen LogP contribution is -2.23. The Bertz CT molecular complexity index is 874. The number of hydrogen-bond acceptors (Lipinski definition) is 4. The van der Waals surface area contributed by atoms with Crippen molar-refractivity contribution in [1.82, 2.24) is 9.73 Å². The molecule has 2 aromatic rings. The molecule has 6 nitrogen and oxygen atoms in total. The van der Waals surface area contributed by atoms with E-state index in [4.69, 9.17) is 0 Å². The molecule has 0 saturated heterocycles. The van der Waals surface area contributed by atoms with Gasteiger partial charge in [-0.15, -0.1) is 0 Å². The van der Waals surface area contributed by atoms with Crippen molar-refractivity contribution in [3.8, 4) is 0 Å². The molecule has 0 unspecified atom stereocenters. The first-order valence-electron chi connectivity index (χ1n) is 7.24. The maximum Gasteiger partial charge on any atom is 0.271 e. The van der Waals surface area contributed by atoms with Gasteiger partial charge in [0.25, 0.3) is 5.91 Å². The minimum atomic E-state index is -3.59. The smallest absolute Gasteiger partial charge is 0.267 e. The minimum Gasteiger partial charge on any atom is -0.267 e. The zero-order valence-corrected chi connectivity index (χ0v) is 14.5. The summed E-state index contributed by atoms with van der Waals surface area (Å²) in [5, 5.41) is 3.92. The molecule has 0 bridgehead atoms. The van der Waals surface area contributed by atoms with Crippen molar-refractivity contribution in [3.63, 3.8) is 0 Å². The molecular formula is C17H19N3O3S. The molecule has 2 aromatic carbocycles. The standard InChI is InChI=1S/C17H19N3O3S/c1-13-7-4-5-8-15(13)12-18-19-17(21)14-9-6-10-16(11-14)24(22,23)20(2)3/h4-12H,1-3H3,(H,19,21)/b18-12-. The number of aryl methyl sites for hydroxylation is 1. The molecule has 0 radical (unpaired) electrons. The molecule has 0 fully saturated rings. The molecule has 7 heteroatoms. The Morgan fingerprint density at radius 2 is 1.83 bits per heavy atom. The molecule has 0 heterocycles. The van der Waals surface area contributed by atoms with Crippen LogP contribution in [-0.4, -0.2) is 38.9 Å². The minimum absolute atomic E-state index is 0.0584. The summed E-state index contributed by atoms with van der Waals surface area (Å²) in [6.45, 7) is 1.94. The van der Waals surface area contributed by atoms with Gasteiger partial charge in [0.2, 0.25) is 10.0 Å². The quantitative estimate of drug-likeness (QED) is 0.665. The van der Waals surface area contributed by atoms with Gasteiger partial charge in [0, 0.05) is 19.7 Å². The zero-order valence-electron chi connectivity index (χ0n) is 13.7. The molecule has 0 aliphatic heterocycles. The highest BCUT2D eigenvalue weighted by atomic mass is 32.2. The van der Waals surface area contributed by atoms with Crippen LogP contribution < -0.4 is 5.43 Å². The molecule has 2 rings (SSSR count). The van der Waals surface area contributed by atoms with Gasteiger partial charge in [-0.3, -0.25) is 4.79 Å². The molecule has 0 aromatic heterocycles. The van der Waals surface area contributed by atoms with Crippen LogP contribution in [0.2, 0.25) is 0 Å². The largest absolute Gasteiger partial charge is 0.271 e. The van der Waals surface area contributed by atoms with Crippen molar-refractivity contribution >= 4 is 22.1 Å². The van der Waals surface area contributed by atoms with E-state index in [1.165, 1.54) is 38.4 Å². The van der Waals surface area contributed by atoms with E-state index in [0.717, 1.165) is 15.4 Å². The number of hydrogen-bond donors (Lipinski definition) is 1. The van der Waals surface area contributed by atoms with Crippen molar-refractivity contribution in [2.45, 2.75) is 11.8 Å². The van der Waals surface area contributed by atoms with Crippen molar-refractivity contribution in [2.24, 2.45) is 5.10 Å². The van der Waals surface area contributed by atoms with Crippen LogP contribution in [0.4, 0.5) is 0 Å². The molecule has 0 atom stereocenters.